The summed E-state index contributed by atoms with van der Waals surface area (Å²) in [7, 11) is -3.83. The number of carbonyl (C=O) groups is 1. The Kier molecular flexibility index (Phi) is 6.69. The van der Waals surface area contributed by atoms with E-state index in [9.17, 15) is 13.2 Å². The molecule has 2 aromatic carbocycles. The number of nitrogens with zero attached hydrogens (tertiary/aromatic N) is 1. The summed E-state index contributed by atoms with van der Waals surface area (Å²) in [5.41, 5.74) is 5.21. The van der Waals surface area contributed by atoms with E-state index in [1.807, 2.05) is 45.0 Å². The average Bonchev–Trinajstić information content (AvgIpc) is 3.10. The molecule has 0 aliphatic heterocycles. The number of carbonyl (C=O) groups excluding carboxylic acids is 1. The van der Waals surface area contributed by atoms with E-state index < -0.39 is 22.0 Å². The number of aromatic nitrogens is 1. The highest BCUT2D eigenvalue weighted by molar-refractivity contribution is 7.89. The van der Waals surface area contributed by atoms with Gasteiger partial charge in [0.25, 0.3) is 5.91 Å². The molecule has 1 amide bonds. The SMILES string of the molecule is Cc1ccc(S(=O)(=O)N[C@H](CC(C)C)C(=O)N/N=C\c2c[nH]c3ccccc23)cc1. The second kappa shape index (κ2) is 9.23. The third kappa shape index (κ3) is 5.34. The van der Waals surface area contributed by atoms with Crippen molar-refractivity contribution in [3.8, 4) is 0 Å². The lowest BCUT2D eigenvalue weighted by Gasteiger charge is -2.19. The monoisotopic (exact) mass is 426 g/mol. The molecule has 1 aromatic heterocycles. The molecule has 1 atom stereocenters. The third-order valence-corrected chi connectivity index (χ3v) is 6.14. The summed E-state index contributed by atoms with van der Waals surface area (Å²) in [5.74, 6) is -0.394. The van der Waals surface area contributed by atoms with Crippen molar-refractivity contribution in [1.82, 2.24) is 15.1 Å². The smallest absolute Gasteiger partial charge is 0.258 e. The highest BCUT2D eigenvalue weighted by Crippen LogP contribution is 2.16. The molecule has 3 N–H and O–H groups in total. The molecule has 1 heterocycles. The number of H-pyrrole nitrogens is 1. The van der Waals surface area contributed by atoms with E-state index in [1.165, 1.54) is 18.3 Å². The number of sulfonamides is 1. The zero-order valence-electron chi connectivity index (χ0n) is 17.2. The average molecular weight is 427 g/mol. The normalized spacial score (nSPS) is 13.2. The third-order valence-electron chi connectivity index (χ3n) is 4.65. The number of hydrazone groups is 1. The van der Waals surface area contributed by atoms with Gasteiger partial charge in [0.2, 0.25) is 10.0 Å². The van der Waals surface area contributed by atoms with E-state index in [0.29, 0.717) is 6.42 Å². The molecule has 8 heteroatoms. The molecule has 0 fully saturated rings. The molecule has 0 spiro atoms. The van der Waals surface area contributed by atoms with Crippen molar-refractivity contribution >= 4 is 33.0 Å². The zero-order valence-corrected chi connectivity index (χ0v) is 18.0. The van der Waals surface area contributed by atoms with Crippen LogP contribution in [0.2, 0.25) is 0 Å². The first-order chi connectivity index (χ1) is 14.3. The van der Waals surface area contributed by atoms with E-state index in [2.05, 4.69) is 20.2 Å². The van der Waals surface area contributed by atoms with Crippen LogP contribution >= 0.6 is 0 Å². The van der Waals surface area contributed by atoms with Gasteiger partial charge in [-0.1, -0.05) is 49.7 Å². The van der Waals surface area contributed by atoms with E-state index in [1.54, 1.807) is 18.3 Å². The van der Waals surface area contributed by atoms with E-state index in [0.717, 1.165) is 22.0 Å². The van der Waals surface area contributed by atoms with Gasteiger partial charge < -0.3 is 4.98 Å². The molecule has 7 nitrogen and oxygen atoms in total. The van der Waals surface area contributed by atoms with Crippen LogP contribution in [-0.4, -0.2) is 31.6 Å². The molecule has 0 saturated heterocycles. The van der Waals surface area contributed by atoms with Gasteiger partial charge >= 0.3 is 0 Å². The first-order valence-electron chi connectivity index (χ1n) is 9.74. The Labute approximate surface area is 176 Å². The fourth-order valence-corrected chi connectivity index (χ4v) is 4.31. The number of rotatable bonds is 8. The van der Waals surface area contributed by atoms with Crippen molar-refractivity contribution < 1.29 is 13.2 Å². The number of hydrogen-bond acceptors (Lipinski definition) is 4. The molecular weight excluding hydrogens is 400 g/mol. The second-order valence-electron chi connectivity index (χ2n) is 7.64. The fraction of sp³-hybridized carbons (Fsp3) is 0.273. The summed E-state index contributed by atoms with van der Waals surface area (Å²) in [6.07, 6.45) is 3.68. The Hall–Kier alpha value is -2.97. The Morgan fingerprint density at radius 3 is 2.53 bits per heavy atom. The lowest BCUT2D eigenvalue weighted by Crippen LogP contribution is -2.46. The maximum atomic E-state index is 12.7. The van der Waals surface area contributed by atoms with E-state index >= 15 is 0 Å². The van der Waals surface area contributed by atoms with Gasteiger partial charge in [0, 0.05) is 22.7 Å². The van der Waals surface area contributed by atoms with Gasteiger partial charge in [-0.25, -0.2) is 13.8 Å². The van der Waals surface area contributed by atoms with Crippen LogP contribution in [0.25, 0.3) is 10.9 Å². The summed E-state index contributed by atoms with van der Waals surface area (Å²) < 4.78 is 27.9. The molecule has 0 unspecified atom stereocenters. The van der Waals surface area contributed by atoms with Gasteiger partial charge in [0.1, 0.15) is 6.04 Å². The van der Waals surface area contributed by atoms with Crippen LogP contribution in [0.5, 0.6) is 0 Å². The quantitative estimate of drug-likeness (QED) is 0.380. The lowest BCUT2D eigenvalue weighted by atomic mass is 10.0. The van der Waals surface area contributed by atoms with Gasteiger partial charge in [0.05, 0.1) is 11.1 Å². The molecule has 0 aliphatic carbocycles. The Morgan fingerprint density at radius 2 is 1.83 bits per heavy atom. The Morgan fingerprint density at radius 1 is 1.13 bits per heavy atom. The molecule has 3 rings (SSSR count). The summed E-state index contributed by atoms with van der Waals surface area (Å²) in [6, 6.07) is 13.3. The minimum Gasteiger partial charge on any atom is -0.361 e. The lowest BCUT2D eigenvalue weighted by molar-refractivity contribution is -0.123. The van der Waals surface area contributed by atoms with Crippen LogP contribution in [0.15, 0.2) is 64.7 Å². The summed E-state index contributed by atoms with van der Waals surface area (Å²) >= 11 is 0. The van der Waals surface area contributed by atoms with Gasteiger partial charge in [-0.05, 0) is 37.5 Å². The second-order valence-corrected chi connectivity index (χ2v) is 9.35. The first-order valence-corrected chi connectivity index (χ1v) is 11.2. The molecule has 158 valence electrons. The van der Waals surface area contributed by atoms with Crippen molar-refractivity contribution in [2.75, 3.05) is 0 Å². The zero-order chi connectivity index (χ0) is 21.7. The van der Waals surface area contributed by atoms with Crippen LogP contribution in [0.1, 0.15) is 31.4 Å². The number of para-hydroxylation sites is 1. The topological polar surface area (TPSA) is 103 Å². The van der Waals surface area contributed by atoms with Gasteiger partial charge in [-0.3, -0.25) is 4.79 Å². The van der Waals surface area contributed by atoms with Crippen LogP contribution < -0.4 is 10.1 Å². The Bertz CT molecular complexity index is 1150. The van der Waals surface area contributed by atoms with Gasteiger partial charge in [-0.2, -0.15) is 9.82 Å². The van der Waals surface area contributed by atoms with Crippen molar-refractivity contribution in [3.05, 3.63) is 65.9 Å². The molecule has 0 bridgehead atoms. The van der Waals surface area contributed by atoms with Gasteiger partial charge in [0.15, 0.2) is 0 Å². The maximum absolute atomic E-state index is 12.7. The number of aryl methyl sites for hydroxylation is 1. The Balaban J connectivity index is 1.72. The van der Waals surface area contributed by atoms with Crippen LogP contribution in [-0.2, 0) is 14.8 Å². The predicted molar refractivity (Wildman–Crippen MR) is 119 cm³/mol. The predicted octanol–water partition coefficient (Wildman–Crippen LogP) is 3.32. The standard InChI is InChI=1S/C22H26N4O3S/c1-15(2)12-21(26-30(28,29)18-10-8-16(3)9-11-18)22(27)25-24-14-17-13-23-20-7-5-4-6-19(17)20/h4-11,13-15,21,23,26H,12H2,1-3H3,(H,25,27)/b24-14-/t21-/m1/s1. The number of hydrogen-bond donors (Lipinski definition) is 3. The van der Waals surface area contributed by atoms with Crippen molar-refractivity contribution in [3.63, 3.8) is 0 Å². The van der Waals surface area contributed by atoms with Gasteiger partial charge in [-0.15, -0.1) is 0 Å². The number of fused-ring (bicyclic) bond motifs is 1. The molecule has 0 aliphatic rings. The van der Waals surface area contributed by atoms with Crippen molar-refractivity contribution in [2.45, 2.75) is 38.1 Å². The van der Waals surface area contributed by atoms with Crippen LogP contribution in [0.4, 0.5) is 0 Å². The molecule has 0 radical (unpaired) electrons. The molecule has 0 saturated carbocycles. The number of benzene rings is 2. The van der Waals surface area contributed by atoms with Crippen LogP contribution in [0, 0.1) is 12.8 Å². The first kappa shape index (κ1) is 21.7. The van der Waals surface area contributed by atoms with Crippen molar-refractivity contribution in [1.29, 1.82) is 0 Å². The minimum atomic E-state index is -3.83. The van der Waals surface area contributed by atoms with E-state index in [4.69, 9.17) is 0 Å². The van der Waals surface area contributed by atoms with Crippen molar-refractivity contribution in [2.24, 2.45) is 11.0 Å². The minimum absolute atomic E-state index is 0.110. The molecule has 3 aromatic rings. The number of amides is 1. The van der Waals surface area contributed by atoms with Crippen LogP contribution in [0.3, 0.4) is 0 Å². The number of nitrogens with one attached hydrogen (secondary N) is 3. The largest absolute Gasteiger partial charge is 0.361 e. The fourth-order valence-electron chi connectivity index (χ4n) is 3.10. The number of aromatic amines is 1. The maximum Gasteiger partial charge on any atom is 0.258 e. The molecular formula is C22H26N4O3S. The summed E-state index contributed by atoms with van der Waals surface area (Å²) in [5, 5.41) is 5.01. The highest BCUT2D eigenvalue weighted by Gasteiger charge is 2.26. The molecule has 30 heavy (non-hydrogen) atoms. The van der Waals surface area contributed by atoms with E-state index in [-0.39, 0.29) is 10.8 Å². The summed E-state index contributed by atoms with van der Waals surface area (Å²) in [6.45, 7) is 5.73. The summed E-state index contributed by atoms with van der Waals surface area (Å²) in [4.78, 5) is 15.9. The highest BCUT2D eigenvalue weighted by atomic mass is 32.2.